The molecule has 0 heterocycles. The van der Waals surface area contributed by atoms with E-state index >= 15 is 0 Å². The number of nitrogens with one attached hydrogen (secondary N) is 1. The normalized spacial score (nSPS) is 11.4. The van der Waals surface area contributed by atoms with E-state index in [-0.39, 0.29) is 10.8 Å². The van der Waals surface area contributed by atoms with E-state index in [9.17, 15) is 13.2 Å². The van der Waals surface area contributed by atoms with Crippen LogP contribution in [0.15, 0.2) is 27.6 Å². The molecule has 0 radical (unpaired) electrons. The second-order valence-corrected chi connectivity index (χ2v) is 7.10. The SMILES string of the molecule is NCCCCCCC(=O)Nc1ccc(S(N)(=O)=O)cc1Br. The van der Waals surface area contributed by atoms with Crippen LogP contribution in [0.2, 0.25) is 0 Å². The number of carbonyl (C=O) groups is 1. The third-order valence-corrected chi connectivity index (χ3v) is 4.47. The lowest BCUT2D eigenvalue weighted by Crippen LogP contribution is -2.14. The molecule has 8 heteroatoms. The first-order valence-corrected chi connectivity index (χ1v) is 9.01. The summed E-state index contributed by atoms with van der Waals surface area (Å²) in [5.74, 6) is -0.105. The Labute approximate surface area is 133 Å². The monoisotopic (exact) mass is 377 g/mol. The summed E-state index contributed by atoms with van der Waals surface area (Å²) in [6.45, 7) is 0.676. The summed E-state index contributed by atoms with van der Waals surface area (Å²) >= 11 is 3.22. The Kier molecular flexibility index (Phi) is 7.30. The van der Waals surface area contributed by atoms with Gasteiger partial charge in [-0.15, -0.1) is 0 Å². The van der Waals surface area contributed by atoms with Crippen LogP contribution in [0, 0.1) is 0 Å². The van der Waals surface area contributed by atoms with E-state index < -0.39 is 10.0 Å². The Hall–Kier alpha value is -0.960. The Morgan fingerprint density at radius 2 is 1.86 bits per heavy atom. The quantitative estimate of drug-likeness (QED) is 0.600. The van der Waals surface area contributed by atoms with Crippen molar-refractivity contribution >= 4 is 37.5 Å². The molecule has 1 aromatic carbocycles. The summed E-state index contributed by atoms with van der Waals surface area (Å²) in [6, 6.07) is 4.24. The summed E-state index contributed by atoms with van der Waals surface area (Å²) < 4.78 is 22.9. The van der Waals surface area contributed by atoms with E-state index in [0.717, 1.165) is 25.7 Å². The number of rotatable bonds is 8. The molecule has 1 aromatic rings. The maximum Gasteiger partial charge on any atom is 0.238 e. The molecule has 0 saturated heterocycles. The molecule has 118 valence electrons. The summed E-state index contributed by atoms with van der Waals surface area (Å²) in [5, 5.41) is 7.77. The number of nitrogens with two attached hydrogens (primary N) is 2. The number of hydrogen-bond donors (Lipinski definition) is 3. The number of benzene rings is 1. The molecule has 21 heavy (non-hydrogen) atoms. The van der Waals surface area contributed by atoms with Gasteiger partial charge < -0.3 is 11.1 Å². The summed E-state index contributed by atoms with van der Waals surface area (Å²) in [5.41, 5.74) is 5.92. The van der Waals surface area contributed by atoms with E-state index in [0.29, 0.717) is 23.1 Å². The molecule has 0 aliphatic heterocycles. The van der Waals surface area contributed by atoms with Crippen LogP contribution in [0.3, 0.4) is 0 Å². The molecule has 0 aliphatic carbocycles. The molecule has 0 spiro atoms. The van der Waals surface area contributed by atoms with Crippen molar-refractivity contribution in [1.29, 1.82) is 0 Å². The number of primary sulfonamides is 1. The van der Waals surface area contributed by atoms with Crippen LogP contribution >= 0.6 is 15.9 Å². The molecular weight excluding hydrogens is 358 g/mol. The van der Waals surface area contributed by atoms with Gasteiger partial charge in [-0.25, -0.2) is 13.6 Å². The van der Waals surface area contributed by atoms with Gasteiger partial charge in [-0.05, 0) is 53.5 Å². The highest BCUT2D eigenvalue weighted by molar-refractivity contribution is 9.10. The molecule has 0 fully saturated rings. The Morgan fingerprint density at radius 3 is 2.43 bits per heavy atom. The molecule has 0 saturated carbocycles. The van der Waals surface area contributed by atoms with Gasteiger partial charge in [0, 0.05) is 10.9 Å². The Bertz CT molecular complexity index is 590. The van der Waals surface area contributed by atoms with E-state index in [1.165, 1.54) is 18.2 Å². The van der Waals surface area contributed by atoms with Crippen molar-refractivity contribution in [2.45, 2.75) is 37.0 Å². The first-order chi connectivity index (χ1) is 9.84. The average Bonchev–Trinajstić information content (AvgIpc) is 2.39. The zero-order valence-electron chi connectivity index (χ0n) is 11.6. The lowest BCUT2D eigenvalue weighted by Gasteiger charge is -2.08. The number of sulfonamides is 1. The average molecular weight is 378 g/mol. The van der Waals surface area contributed by atoms with Gasteiger partial charge in [-0.3, -0.25) is 4.79 Å². The second kappa shape index (κ2) is 8.47. The largest absolute Gasteiger partial charge is 0.330 e. The minimum Gasteiger partial charge on any atom is -0.330 e. The highest BCUT2D eigenvalue weighted by atomic mass is 79.9. The van der Waals surface area contributed by atoms with Crippen molar-refractivity contribution in [3.05, 3.63) is 22.7 Å². The number of carbonyl (C=O) groups excluding carboxylic acids is 1. The van der Waals surface area contributed by atoms with Gasteiger partial charge in [0.05, 0.1) is 10.6 Å². The van der Waals surface area contributed by atoms with E-state index in [1.807, 2.05) is 0 Å². The van der Waals surface area contributed by atoms with Gasteiger partial charge in [-0.2, -0.15) is 0 Å². The van der Waals surface area contributed by atoms with Crippen molar-refractivity contribution in [2.75, 3.05) is 11.9 Å². The number of halogens is 1. The first kappa shape index (κ1) is 18.1. The minimum atomic E-state index is -3.75. The molecule has 0 unspecified atom stereocenters. The van der Waals surface area contributed by atoms with Crippen molar-refractivity contribution in [1.82, 2.24) is 0 Å². The fourth-order valence-corrected chi connectivity index (χ4v) is 2.94. The predicted molar refractivity (Wildman–Crippen MR) is 86.3 cm³/mol. The van der Waals surface area contributed by atoms with Crippen LogP contribution in [0.25, 0.3) is 0 Å². The van der Waals surface area contributed by atoms with Crippen LogP contribution in [0.5, 0.6) is 0 Å². The third-order valence-electron chi connectivity index (χ3n) is 2.90. The zero-order valence-corrected chi connectivity index (χ0v) is 14.0. The third kappa shape index (κ3) is 6.56. The highest BCUT2D eigenvalue weighted by Gasteiger charge is 2.11. The topological polar surface area (TPSA) is 115 Å². The lowest BCUT2D eigenvalue weighted by atomic mass is 10.1. The molecule has 0 bridgehead atoms. The molecule has 0 atom stereocenters. The van der Waals surface area contributed by atoms with E-state index in [1.54, 1.807) is 0 Å². The summed E-state index contributed by atoms with van der Waals surface area (Å²) in [4.78, 5) is 11.8. The summed E-state index contributed by atoms with van der Waals surface area (Å²) in [7, 11) is -3.75. The summed E-state index contributed by atoms with van der Waals surface area (Å²) in [6.07, 6.45) is 4.20. The molecule has 5 N–H and O–H groups in total. The molecule has 1 rings (SSSR count). The van der Waals surface area contributed by atoms with Crippen LogP contribution in [0.4, 0.5) is 5.69 Å². The molecule has 6 nitrogen and oxygen atoms in total. The van der Waals surface area contributed by atoms with Crippen molar-refractivity contribution < 1.29 is 13.2 Å². The van der Waals surface area contributed by atoms with Gasteiger partial charge in [0.15, 0.2) is 0 Å². The number of hydrogen-bond acceptors (Lipinski definition) is 4. The van der Waals surface area contributed by atoms with Gasteiger partial charge >= 0.3 is 0 Å². The van der Waals surface area contributed by atoms with Crippen LogP contribution in [-0.4, -0.2) is 20.9 Å². The number of unbranched alkanes of at least 4 members (excludes halogenated alkanes) is 3. The first-order valence-electron chi connectivity index (χ1n) is 6.67. The van der Waals surface area contributed by atoms with E-state index in [4.69, 9.17) is 10.9 Å². The van der Waals surface area contributed by atoms with Gasteiger partial charge in [0.1, 0.15) is 0 Å². The molecule has 0 aliphatic rings. The fourth-order valence-electron chi connectivity index (χ4n) is 1.77. The predicted octanol–water partition coefficient (Wildman–Crippen LogP) is 1.94. The van der Waals surface area contributed by atoms with Gasteiger partial charge in [-0.1, -0.05) is 12.8 Å². The van der Waals surface area contributed by atoms with Crippen molar-refractivity contribution in [2.24, 2.45) is 10.9 Å². The van der Waals surface area contributed by atoms with Crippen LogP contribution in [0.1, 0.15) is 32.1 Å². The molecule has 1 amide bonds. The Balaban J connectivity index is 2.53. The van der Waals surface area contributed by atoms with Crippen molar-refractivity contribution in [3.63, 3.8) is 0 Å². The zero-order chi connectivity index (χ0) is 15.9. The standard InChI is InChI=1S/C13H20BrN3O3S/c14-11-9-10(21(16,19)20)6-7-12(11)17-13(18)5-3-1-2-4-8-15/h6-7,9H,1-5,8,15H2,(H,17,18)(H2,16,19,20). The highest BCUT2D eigenvalue weighted by Crippen LogP contribution is 2.25. The van der Waals surface area contributed by atoms with Crippen molar-refractivity contribution in [3.8, 4) is 0 Å². The second-order valence-electron chi connectivity index (χ2n) is 4.69. The molecule has 0 aromatic heterocycles. The van der Waals surface area contributed by atoms with Crippen LogP contribution < -0.4 is 16.2 Å². The minimum absolute atomic E-state index is 0.00541. The maximum absolute atomic E-state index is 11.8. The van der Waals surface area contributed by atoms with Gasteiger partial charge in [0.25, 0.3) is 0 Å². The van der Waals surface area contributed by atoms with E-state index in [2.05, 4.69) is 21.2 Å². The van der Waals surface area contributed by atoms with Gasteiger partial charge in [0.2, 0.25) is 15.9 Å². The fraction of sp³-hybridized carbons (Fsp3) is 0.462. The Morgan fingerprint density at radius 1 is 1.19 bits per heavy atom. The van der Waals surface area contributed by atoms with Crippen LogP contribution in [-0.2, 0) is 14.8 Å². The maximum atomic E-state index is 11.8. The lowest BCUT2D eigenvalue weighted by molar-refractivity contribution is -0.116. The smallest absolute Gasteiger partial charge is 0.238 e. The number of anilines is 1. The molecular formula is C13H20BrN3O3S. The number of amides is 1.